The molecule has 0 spiro atoms. The largest absolute Gasteiger partial charge is 0.147 e. The van der Waals surface area contributed by atoms with E-state index in [1.54, 1.807) is 28.0 Å². The molecule has 0 bridgehead atoms. The molecule has 0 N–H and O–H groups in total. The van der Waals surface area contributed by atoms with E-state index < -0.39 is 0 Å². The molecule has 0 heterocycles. The standard InChI is InChI=1S/C8H11.2ClH.Zr/c1-3-8-5-4-7(2)6-8;;;/h4-5,8H,3H2,1-2H3;2*1H;. The molecular weight excluding hydrogens is 258 g/mol. The summed E-state index contributed by atoms with van der Waals surface area (Å²) in [5.74, 6) is 0.781. The molecule has 0 aromatic heterocycles. The summed E-state index contributed by atoms with van der Waals surface area (Å²) in [6.07, 6.45) is 5.84. The van der Waals surface area contributed by atoms with Crippen molar-refractivity contribution in [1.29, 1.82) is 0 Å². The third-order valence-electron chi connectivity index (χ3n) is 1.81. The van der Waals surface area contributed by atoms with E-state index in [1.807, 2.05) is 0 Å². The molecular formula is C8H13Cl2Zr. The summed E-state index contributed by atoms with van der Waals surface area (Å²) in [5, 5.41) is 0. The van der Waals surface area contributed by atoms with Crippen LogP contribution < -0.4 is 0 Å². The van der Waals surface area contributed by atoms with Crippen molar-refractivity contribution in [1.82, 2.24) is 0 Å². The molecule has 1 rings (SSSR count). The molecule has 0 nitrogen and oxygen atoms in total. The molecule has 11 heavy (non-hydrogen) atoms. The molecule has 0 radical (unpaired) electrons. The van der Waals surface area contributed by atoms with Gasteiger partial charge in [0.05, 0.1) is 0 Å². The van der Waals surface area contributed by atoms with Crippen LogP contribution in [0.4, 0.5) is 0 Å². The van der Waals surface area contributed by atoms with Crippen LogP contribution in [0, 0.1) is 5.92 Å². The van der Waals surface area contributed by atoms with E-state index in [2.05, 4.69) is 26.0 Å². The first-order chi connectivity index (χ1) is 4.25. The first-order valence-corrected chi connectivity index (χ1v) is 4.59. The Morgan fingerprint density at radius 2 is 2.00 bits per heavy atom. The van der Waals surface area contributed by atoms with Crippen molar-refractivity contribution in [2.45, 2.75) is 20.3 Å². The molecule has 0 fully saturated rings. The molecule has 0 amide bonds. The minimum absolute atomic E-state index is 0. The number of hydrogen-bond acceptors (Lipinski definition) is 0. The van der Waals surface area contributed by atoms with Crippen LogP contribution in [-0.2, 0) is 24.7 Å². The van der Waals surface area contributed by atoms with E-state index in [1.165, 1.54) is 12.0 Å². The molecule has 0 aromatic carbocycles. The molecule has 0 saturated carbocycles. The Labute approximate surface area is 96.2 Å². The summed E-state index contributed by atoms with van der Waals surface area (Å²) < 4.78 is 1.64. The van der Waals surface area contributed by atoms with Crippen LogP contribution >= 0.6 is 24.8 Å². The predicted molar refractivity (Wildman–Crippen MR) is 50.1 cm³/mol. The second-order valence-corrected chi connectivity index (χ2v) is 3.79. The summed E-state index contributed by atoms with van der Waals surface area (Å²) >= 11 is 1.59. The smallest absolute Gasteiger partial charge is 0.147 e. The van der Waals surface area contributed by atoms with Crippen molar-refractivity contribution in [3.63, 3.8) is 0 Å². The fraction of sp³-hybridized carbons (Fsp3) is 0.500. The summed E-state index contributed by atoms with van der Waals surface area (Å²) in [6, 6.07) is 0. The van der Waals surface area contributed by atoms with Gasteiger partial charge >= 0.3 is 71.9 Å². The van der Waals surface area contributed by atoms with Crippen molar-refractivity contribution >= 4 is 24.8 Å². The zero-order valence-electron chi connectivity index (χ0n) is 6.76. The molecule has 1 aliphatic carbocycles. The Balaban J connectivity index is 0. The molecule has 0 aromatic rings. The van der Waals surface area contributed by atoms with Crippen LogP contribution in [0.2, 0.25) is 0 Å². The van der Waals surface area contributed by atoms with E-state index in [0.29, 0.717) is 0 Å². The van der Waals surface area contributed by atoms with Crippen LogP contribution in [0.3, 0.4) is 0 Å². The maximum atomic E-state index is 2.32. The zero-order chi connectivity index (χ0) is 6.85. The second kappa shape index (κ2) is 6.46. The summed E-state index contributed by atoms with van der Waals surface area (Å²) in [7, 11) is 0. The van der Waals surface area contributed by atoms with Gasteiger partial charge in [-0.1, -0.05) is 0 Å². The van der Waals surface area contributed by atoms with Crippen molar-refractivity contribution in [2.24, 2.45) is 5.92 Å². The average Bonchev–Trinajstić information content (AvgIpc) is 2.15. The van der Waals surface area contributed by atoms with Crippen molar-refractivity contribution in [2.75, 3.05) is 0 Å². The Morgan fingerprint density at radius 3 is 2.18 bits per heavy atom. The minimum atomic E-state index is 0. The Morgan fingerprint density at radius 1 is 1.45 bits per heavy atom. The van der Waals surface area contributed by atoms with Gasteiger partial charge in [-0.05, 0) is 0 Å². The first kappa shape index (κ1) is 14.5. The monoisotopic (exact) mass is 269 g/mol. The zero-order valence-corrected chi connectivity index (χ0v) is 10.8. The van der Waals surface area contributed by atoms with Gasteiger partial charge in [-0.25, -0.2) is 0 Å². The molecule has 63 valence electrons. The summed E-state index contributed by atoms with van der Waals surface area (Å²) in [6.45, 7) is 4.45. The van der Waals surface area contributed by atoms with Gasteiger partial charge in [-0.2, -0.15) is 0 Å². The SMILES string of the molecule is CCC1C=CC(C)=[C]1[Zr].Cl.Cl. The quantitative estimate of drug-likeness (QED) is 0.687. The normalized spacial score (nSPS) is 21.0. The Kier molecular flexibility index (Phi) is 8.49. The van der Waals surface area contributed by atoms with E-state index in [-0.39, 0.29) is 24.8 Å². The number of allylic oxidation sites excluding steroid dienone is 4. The van der Waals surface area contributed by atoms with Gasteiger partial charge in [0.2, 0.25) is 0 Å². The van der Waals surface area contributed by atoms with Crippen LogP contribution in [0.15, 0.2) is 21.0 Å². The summed E-state index contributed by atoms with van der Waals surface area (Å²) in [4.78, 5) is 0. The van der Waals surface area contributed by atoms with Crippen molar-refractivity contribution < 1.29 is 24.7 Å². The predicted octanol–water partition coefficient (Wildman–Crippen LogP) is 3.25. The molecule has 1 aliphatic rings. The number of hydrogen-bond donors (Lipinski definition) is 0. The minimum Gasteiger partial charge on any atom is -0.147 e. The van der Waals surface area contributed by atoms with E-state index >= 15 is 0 Å². The Bertz CT molecular complexity index is 173. The Hall–Kier alpha value is 0.943. The van der Waals surface area contributed by atoms with Gasteiger partial charge in [0.25, 0.3) is 0 Å². The summed E-state index contributed by atoms with van der Waals surface area (Å²) in [5.41, 5.74) is 1.50. The maximum absolute atomic E-state index is 2.32. The number of halogens is 2. The average molecular weight is 271 g/mol. The topological polar surface area (TPSA) is 0 Å². The van der Waals surface area contributed by atoms with Crippen LogP contribution in [0.25, 0.3) is 0 Å². The van der Waals surface area contributed by atoms with Gasteiger partial charge in [0, 0.05) is 0 Å². The molecule has 0 aliphatic heterocycles. The van der Waals surface area contributed by atoms with E-state index in [4.69, 9.17) is 0 Å². The molecule has 1 unspecified atom stereocenters. The van der Waals surface area contributed by atoms with E-state index in [0.717, 1.165) is 5.92 Å². The maximum Gasteiger partial charge on any atom is -0.147 e. The van der Waals surface area contributed by atoms with Crippen LogP contribution in [0.1, 0.15) is 20.3 Å². The van der Waals surface area contributed by atoms with Crippen LogP contribution in [-0.4, -0.2) is 0 Å². The third kappa shape index (κ3) is 3.44. The van der Waals surface area contributed by atoms with Gasteiger partial charge in [0.1, 0.15) is 0 Å². The first-order valence-electron chi connectivity index (χ1n) is 3.36. The van der Waals surface area contributed by atoms with E-state index in [9.17, 15) is 0 Å². The van der Waals surface area contributed by atoms with Gasteiger partial charge in [-0.3, -0.25) is 0 Å². The molecule has 1 atom stereocenters. The van der Waals surface area contributed by atoms with Crippen molar-refractivity contribution in [3.8, 4) is 0 Å². The van der Waals surface area contributed by atoms with Crippen molar-refractivity contribution in [3.05, 3.63) is 21.0 Å². The van der Waals surface area contributed by atoms with Gasteiger partial charge < -0.3 is 0 Å². The third-order valence-corrected chi connectivity index (χ3v) is 3.69. The second-order valence-electron chi connectivity index (χ2n) is 2.47. The van der Waals surface area contributed by atoms with Gasteiger partial charge in [0.15, 0.2) is 0 Å². The van der Waals surface area contributed by atoms with Gasteiger partial charge in [-0.15, -0.1) is 24.8 Å². The number of rotatable bonds is 1. The fourth-order valence-electron chi connectivity index (χ4n) is 1.08. The molecule has 3 heteroatoms. The van der Waals surface area contributed by atoms with Crippen LogP contribution in [0.5, 0.6) is 0 Å². The fourth-order valence-corrected chi connectivity index (χ4v) is 2.02. The molecule has 0 saturated heterocycles.